The molecule has 0 saturated carbocycles. The van der Waals surface area contributed by atoms with Gasteiger partial charge in [-0.2, -0.15) is 5.10 Å². The molecule has 1 heterocycles. The summed E-state index contributed by atoms with van der Waals surface area (Å²) in [4.78, 5) is 34.0. The average Bonchev–Trinajstić information content (AvgIpc) is 2.75. The van der Waals surface area contributed by atoms with Crippen LogP contribution in [0.2, 0.25) is 0 Å². The number of ether oxygens (including phenoxy) is 1. The van der Waals surface area contributed by atoms with Crippen LogP contribution in [0.25, 0.3) is 11.3 Å². The van der Waals surface area contributed by atoms with Crippen molar-refractivity contribution in [2.75, 3.05) is 11.9 Å². The Bertz CT molecular complexity index is 1140. The predicted molar refractivity (Wildman–Crippen MR) is 114 cm³/mol. The molecule has 152 valence electrons. The second-order valence-electron chi connectivity index (χ2n) is 6.37. The fraction of sp³-hybridized carbons (Fsp3) is 0.136. The summed E-state index contributed by atoms with van der Waals surface area (Å²) in [6.07, 6.45) is 0. The molecule has 0 unspecified atom stereocenters. The highest BCUT2D eigenvalue weighted by Gasteiger charge is 2.08. The van der Waals surface area contributed by atoms with Crippen LogP contribution in [-0.2, 0) is 11.3 Å². The van der Waals surface area contributed by atoms with Gasteiger partial charge in [-0.25, -0.2) is 4.68 Å². The largest absolute Gasteiger partial charge is 0.480 e. The predicted octanol–water partition coefficient (Wildman–Crippen LogP) is 3.78. The number of carbonyl (C=O) groups excluding carboxylic acids is 1. The van der Waals surface area contributed by atoms with E-state index >= 15 is 0 Å². The lowest BCUT2D eigenvalue weighted by molar-refractivity contribution is 0.100. The molecule has 1 amide bonds. The van der Waals surface area contributed by atoms with E-state index in [1.54, 1.807) is 18.2 Å². The summed E-state index contributed by atoms with van der Waals surface area (Å²) in [5.41, 5.74) is 2.88. The Morgan fingerprint density at radius 1 is 1.17 bits per heavy atom. The monoisotopic (exact) mass is 404 g/mol. The minimum Gasteiger partial charge on any atom is -0.480 e. The van der Waals surface area contributed by atoms with Crippen LogP contribution in [0.1, 0.15) is 22.8 Å². The van der Waals surface area contributed by atoms with Crippen LogP contribution in [-0.4, -0.2) is 22.3 Å². The molecule has 0 atom stereocenters. The Morgan fingerprint density at radius 3 is 2.63 bits per heavy atom. The number of nitroso groups, excluding NO2 is 1. The van der Waals surface area contributed by atoms with Gasteiger partial charge < -0.3 is 10.1 Å². The van der Waals surface area contributed by atoms with Crippen molar-refractivity contribution in [1.82, 2.24) is 9.78 Å². The van der Waals surface area contributed by atoms with E-state index in [1.165, 1.54) is 22.9 Å². The number of nitrogens with zero attached hydrogens (tertiary/aromatic N) is 3. The standard InChI is InChI=1S/C22H20N4O4/c1-3-30-15(2)23-19-6-4-5-16(13-19)14-26-21(27)12-11-20(24-26)17-7-9-18(10-8-17)22(28)25-29/h4-13,23H,2-3,14H2,1H3. The topological polar surface area (TPSA) is 103 Å². The van der Waals surface area contributed by atoms with Crippen LogP contribution in [0.4, 0.5) is 5.69 Å². The Balaban J connectivity index is 1.82. The Kier molecular flexibility index (Phi) is 6.49. The lowest BCUT2D eigenvalue weighted by atomic mass is 10.1. The van der Waals surface area contributed by atoms with Crippen molar-refractivity contribution in [2.45, 2.75) is 13.5 Å². The van der Waals surface area contributed by atoms with Gasteiger partial charge in [0.25, 0.3) is 5.56 Å². The van der Waals surface area contributed by atoms with Gasteiger partial charge in [-0.3, -0.25) is 9.59 Å². The molecule has 0 bridgehead atoms. The van der Waals surface area contributed by atoms with Crippen LogP contribution in [0.3, 0.4) is 0 Å². The van der Waals surface area contributed by atoms with E-state index in [9.17, 15) is 14.5 Å². The van der Waals surface area contributed by atoms with Crippen molar-refractivity contribution < 1.29 is 9.53 Å². The van der Waals surface area contributed by atoms with Crippen molar-refractivity contribution in [3.05, 3.63) is 99.5 Å². The first-order valence-electron chi connectivity index (χ1n) is 9.24. The fourth-order valence-corrected chi connectivity index (χ4v) is 2.84. The highest BCUT2D eigenvalue weighted by atomic mass is 16.5. The normalized spacial score (nSPS) is 10.3. The van der Waals surface area contributed by atoms with Crippen molar-refractivity contribution in [3.63, 3.8) is 0 Å². The maximum Gasteiger partial charge on any atom is 0.316 e. The summed E-state index contributed by atoms with van der Waals surface area (Å²) in [6.45, 7) is 6.45. The number of hydrogen-bond donors (Lipinski definition) is 1. The number of benzene rings is 2. The molecule has 8 heteroatoms. The molecule has 30 heavy (non-hydrogen) atoms. The van der Waals surface area contributed by atoms with Crippen LogP contribution < -0.4 is 10.9 Å². The van der Waals surface area contributed by atoms with Gasteiger partial charge in [0.2, 0.25) is 0 Å². The number of carbonyl (C=O) groups is 1. The van der Waals surface area contributed by atoms with E-state index < -0.39 is 5.91 Å². The summed E-state index contributed by atoms with van der Waals surface area (Å²) >= 11 is 0. The summed E-state index contributed by atoms with van der Waals surface area (Å²) in [6, 6.07) is 16.9. The molecule has 0 spiro atoms. The maximum atomic E-state index is 12.3. The quantitative estimate of drug-likeness (QED) is 0.453. The second kappa shape index (κ2) is 9.42. The SMILES string of the molecule is C=C(Nc1cccc(Cn2nc(-c3ccc(C(=O)N=O)cc3)ccc2=O)c1)OCC. The lowest BCUT2D eigenvalue weighted by Crippen LogP contribution is -2.22. The zero-order chi connectivity index (χ0) is 21.5. The third kappa shape index (κ3) is 5.05. The number of aromatic nitrogens is 2. The highest BCUT2D eigenvalue weighted by Crippen LogP contribution is 2.18. The molecule has 0 fully saturated rings. The van der Waals surface area contributed by atoms with E-state index in [-0.39, 0.29) is 17.7 Å². The Labute approximate surface area is 172 Å². The average molecular weight is 404 g/mol. The van der Waals surface area contributed by atoms with Crippen molar-refractivity contribution in [3.8, 4) is 11.3 Å². The minimum absolute atomic E-state index is 0.194. The van der Waals surface area contributed by atoms with Gasteiger partial charge in [0.1, 0.15) is 0 Å². The van der Waals surface area contributed by atoms with Gasteiger partial charge in [0, 0.05) is 28.1 Å². The van der Waals surface area contributed by atoms with Gasteiger partial charge in [0.05, 0.1) is 18.8 Å². The van der Waals surface area contributed by atoms with E-state index in [1.807, 2.05) is 31.2 Å². The van der Waals surface area contributed by atoms with Crippen molar-refractivity contribution in [1.29, 1.82) is 0 Å². The first-order chi connectivity index (χ1) is 14.5. The number of nitrogens with one attached hydrogen (secondary N) is 1. The molecule has 1 N–H and O–H groups in total. The molecule has 0 aliphatic rings. The van der Waals surface area contributed by atoms with Crippen LogP contribution in [0.5, 0.6) is 0 Å². The Morgan fingerprint density at radius 2 is 1.93 bits per heavy atom. The number of hydrogen-bond acceptors (Lipinski definition) is 6. The van der Waals surface area contributed by atoms with Gasteiger partial charge >= 0.3 is 5.91 Å². The summed E-state index contributed by atoms with van der Waals surface area (Å²) in [5.74, 6) is -0.390. The number of amides is 1. The maximum absolute atomic E-state index is 12.3. The number of anilines is 1. The van der Waals surface area contributed by atoms with Gasteiger partial charge in [-0.1, -0.05) is 24.3 Å². The third-order valence-corrected chi connectivity index (χ3v) is 4.24. The van der Waals surface area contributed by atoms with E-state index in [4.69, 9.17) is 4.74 Å². The molecular formula is C22H20N4O4. The highest BCUT2D eigenvalue weighted by molar-refractivity contribution is 5.95. The lowest BCUT2D eigenvalue weighted by Gasteiger charge is -2.12. The molecule has 0 radical (unpaired) electrons. The fourth-order valence-electron chi connectivity index (χ4n) is 2.84. The molecular weight excluding hydrogens is 384 g/mol. The van der Waals surface area contributed by atoms with E-state index in [0.29, 0.717) is 23.7 Å². The molecule has 2 aromatic carbocycles. The van der Waals surface area contributed by atoms with E-state index in [0.717, 1.165) is 11.3 Å². The molecule has 0 aliphatic heterocycles. The molecule has 3 aromatic rings. The van der Waals surface area contributed by atoms with Crippen molar-refractivity contribution in [2.24, 2.45) is 5.18 Å². The first kappa shape index (κ1) is 20.7. The van der Waals surface area contributed by atoms with Crippen molar-refractivity contribution >= 4 is 11.6 Å². The molecule has 1 aromatic heterocycles. The van der Waals surface area contributed by atoms with Crippen LogP contribution in [0, 0.1) is 4.91 Å². The van der Waals surface area contributed by atoms with Crippen LogP contribution in [0.15, 0.2) is 83.1 Å². The molecule has 0 saturated heterocycles. The van der Waals surface area contributed by atoms with Crippen LogP contribution >= 0.6 is 0 Å². The summed E-state index contributed by atoms with van der Waals surface area (Å²) in [7, 11) is 0. The molecule has 0 aliphatic carbocycles. The number of rotatable bonds is 8. The van der Waals surface area contributed by atoms with Gasteiger partial charge in [0.15, 0.2) is 5.88 Å². The van der Waals surface area contributed by atoms with Gasteiger partial charge in [-0.05, 0) is 49.4 Å². The first-order valence-corrected chi connectivity index (χ1v) is 9.24. The second-order valence-corrected chi connectivity index (χ2v) is 6.37. The van der Waals surface area contributed by atoms with Gasteiger partial charge in [-0.15, -0.1) is 4.91 Å². The zero-order valence-corrected chi connectivity index (χ0v) is 16.4. The Hall–Kier alpha value is -4.07. The smallest absolute Gasteiger partial charge is 0.316 e. The zero-order valence-electron chi connectivity index (χ0n) is 16.4. The molecule has 8 nitrogen and oxygen atoms in total. The van der Waals surface area contributed by atoms with E-state index in [2.05, 4.69) is 22.2 Å². The third-order valence-electron chi connectivity index (χ3n) is 4.24. The molecule has 3 rings (SSSR count). The summed E-state index contributed by atoms with van der Waals surface area (Å²) in [5, 5.41) is 9.88. The minimum atomic E-state index is -0.833. The summed E-state index contributed by atoms with van der Waals surface area (Å²) < 4.78 is 6.66.